The zero-order chi connectivity index (χ0) is 14.0. The highest BCUT2D eigenvalue weighted by Gasteiger charge is 2.14. The summed E-state index contributed by atoms with van der Waals surface area (Å²) in [5.74, 6) is -1.76. The van der Waals surface area contributed by atoms with Crippen LogP contribution >= 0.6 is 0 Å². The highest BCUT2D eigenvalue weighted by atomic mass is 16.5. The Hall–Kier alpha value is -1.63. The smallest absolute Gasteiger partial charge is 0.306 e. The van der Waals surface area contributed by atoms with E-state index in [9.17, 15) is 14.4 Å². The Labute approximate surface area is 105 Å². The van der Waals surface area contributed by atoms with Crippen molar-refractivity contribution in [2.24, 2.45) is 0 Å². The van der Waals surface area contributed by atoms with Gasteiger partial charge in [-0.25, -0.2) is 0 Å². The topological polar surface area (TPSA) is 102 Å². The number of aliphatic carboxylic acids is 1. The Morgan fingerprint density at radius 1 is 1.28 bits per heavy atom. The lowest BCUT2D eigenvalue weighted by molar-refractivity contribution is -0.144. The number of hydrogen-bond donors (Lipinski definition) is 2. The van der Waals surface area contributed by atoms with Crippen LogP contribution in [0.3, 0.4) is 0 Å². The monoisotopic (exact) mass is 261 g/mol. The number of nitrogens with one attached hydrogen (secondary N) is 1. The van der Waals surface area contributed by atoms with E-state index >= 15 is 0 Å². The zero-order valence-corrected chi connectivity index (χ0v) is 10.6. The van der Waals surface area contributed by atoms with E-state index in [1.807, 2.05) is 0 Å². The van der Waals surface area contributed by atoms with E-state index < -0.39 is 18.0 Å². The van der Waals surface area contributed by atoms with Gasteiger partial charge in [-0.1, -0.05) is 0 Å². The van der Waals surface area contributed by atoms with Crippen molar-refractivity contribution < 1.29 is 29.0 Å². The molecule has 1 amide bonds. The SMILES string of the molecule is CCOC(=O)CCC(=O)NCC(CC(=O)O)OC. The summed E-state index contributed by atoms with van der Waals surface area (Å²) < 4.78 is 9.56. The van der Waals surface area contributed by atoms with Gasteiger partial charge in [-0.3, -0.25) is 14.4 Å². The van der Waals surface area contributed by atoms with Gasteiger partial charge in [0.15, 0.2) is 0 Å². The number of carboxylic acid groups (broad SMARTS) is 1. The van der Waals surface area contributed by atoms with Crippen LogP contribution in [0, 0.1) is 0 Å². The molecule has 2 N–H and O–H groups in total. The molecule has 0 aliphatic heterocycles. The number of esters is 1. The number of hydrogen-bond acceptors (Lipinski definition) is 5. The number of carboxylic acids is 1. The summed E-state index contributed by atoms with van der Waals surface area (Å²) in [7, 11) is 1.37. The van der Waals surface area contributed by atoms with Gasteiger partial charge in [-0.15, -0.1) is 0 Å². The Morgan fingerprint density at radius 2 is 1.94 bits per heavy atom. The molecule has 0 heterocycles. The van der Waals surface area contributed by atoms with Gasteiger partial charge in [0.05, 0.1) is 25.6 Å². The van der Waals surface area contributed by atoms with Crippen molar-refractivity contribution in [1.82, 2.24) is 5.32 Å². The van der Waals surface area contributed by atoms with Gasteiger partial charge in [-0.05, 0) is 6.92 Å². The van der Waals surface area contributed by atoms with Gasteiger partial charge in [0, 0.05) is 20.1 Å². The first-order chi connectivity index (χ1) is 8.49. The summed E-state index contributed by atoms with van der Waals surface area (Å²) in [4.78, 5) is 32.8. The van der Waals surface area contributed by atoms with Crippen molar-refractivity contribution in [3.63, 3.8) is 0 Å². The first kappa shape index (κ1) is 16.4. The maximum atomic E-state index is 11.3. The normalized spacial score (nSPS) is 11.7. The van der Waals surface area contributed by atoms with Crippen LogP contribution in [0.25, 0.3) is 0 Å². The van der Waals surface area contributed by atoms with Crippen molar-refractivity contribution in [1.29, 1.82) is 0 Å². The van der Waals surface area contributed by atoms with E-state index in [-0.39, 0.29) is 38.3 Å². The second kappa shape index (κ2) is 9.41. The van der Waals surface area contributed by atoms with E-state index in [1.165, 1.54) is 7.11 Å². The summed E-state index contributed by atoms with van der Waals surface area (Å²) >= 11 is 0. The second-order valence-corrected chi connectivity index (χ2v) is 3.56. The fourth-order valence-electron chi connectivity index (χ4n) is 1.20. The fourth-order valence-corrected chi connectivity index (χ4v) is 1.20. The average molecular weight is 261 g/mol. The molecule has 0 aliphatic carbocycles. The minimum atomic E-state index is -0.998. The van der Waals surface area contributed by atoms with Crippen LogP contribution in [0.5, 0.6) is 0 Å². The molecular weight excluding hydrogens is 242 g/mol. The minimum absolute atomic E-state index is 0.0102. The molecule has 0 spiro atoms. The molecule has 0 aromatic heterocycles. The molecule has 7 heteroatoms. The van der Waals surface area contributed by atoms with Crippen LogP contribution in [0.1, 0.15) is 26.2 Å². The Bertz CT molecular complexity index is 291. The average Bonchev–Trinajstić information content (AvgIpc) is 2.31. The van der Waals surface area contributed by atoms with E-state index in [0.29, 0.717) is 0 Å². The first-order valence-corrected chi connectivity index (χ1v) is 5.66. The van der Waals surface area contributed by atoms with Gasteiger partial charge in [-0.2, -0.15) is 0 Å². The second-order valence-electron chi connectivity index (χ2n) is 3.56. The van der Waals surface area contributed by atoms with Crippen LogP contribution in [0.4, 0.5) is 0 Å². The summed E-state index contributed by atoms with van der Waals surface area (Å²) in [6.07, 6.45) is -0.734. The largest absolute Gasteiger partial charge is 0.481 e. The lowest BCUT2D eigenvalue weighted by Crippen LogP contribution is -2.34. The predicted molar refractivity (Wildman–Crippen MR) is 61.9 cm³/mol. The van der Waals surface area contributed by atoms with Gasteiger partial charge < -0.3 is 19.9 Å². The standard InChI is InChI=1S/C11H19NO6/c1-3-18-11(16)5-4-9(13)12-7-8(17-2)6-10(14)15/h8H,3-7H2,1-2H3,(H,12,13)(H,14,15). The van der Waals surface area contributed by atoms with Crippen molar-refractivity contribution in [2.75, 3.05) is 20.3 Å². The van der Waals surface area contributed by atoms with E-state index in [1.54, 1.807) is 6.92 Å². The van der Waals surface area contributed by atoms with Crippen molar-refractivity contribution in [3.8, 4) is 0 Å². The molecule has 18 heavy (non-hydrogen) atoms. The van der Waals surface area contributed by atoms with Crippen LogP contribution in [-0.2, 0) is 23.9 Å². The van der Waals surface area contributed by atoms with Crippen molar-refractivity contribution in [2.45, 2.75) is 32.3 Å². The van der Waals surface area contributed by atoms with E-state index in [0.717, 1.165) is 0 Å². The third kappa shape index (κ3) is 8.51. The predicted octanol–water partition coefficient (Wildman–Crippen LogP) is -0.0644. The molecule has 0 saturated carbocycles. The van der Waals surface area contributed by atoms with Gasteiger partial charge in [0.2, 0.25) is 5.91 Å². The van der Waals surface area contributed by atoms with Crippen LogP contribution < -0.4 is 5.32 Å². The molecular formula is C11H19NO6. The quantitative estimate of drug-likeness (QED) is 0.563. The van der Waals surface area contributed by atoms with Gasteiger partial charge >= 0.3 is 11.9 Å². The molecule has 1 atom stereocenters. The number of carbonyl (C=O) groups excluding carboxylic acids is 2. The summed E-state index contributed by atoms with van der Waals surface area (Å²) in [6.45, 7) is 2.07. The van der Waals surface area contributed by atoms with Gasteiger partial charge in [0.1, 0.15) is 0 Å². The lowest BCUT2D eigenvalue weighted by atomic mass is 10.2. The molecule has 0 bridgehead atoms. The number of carbonyl (C=O) groups is 3. The number of amides is 1. The highest BCUT2D eigenvalue weighted by molar-refractivity contribution is 5.81. The Balaban J connectivity index is 3.80. The van der Waals surface area contributed by atoms with Crippen molar-refractivity contribution >= 4 is 17.8 Å². The van der Waals surface area contributed by atoms with Crippen LogP contribution in [0.2, 0.25) is 0 Å². The van der Waals surface area contributed by atoms with Crippen LogP contribution in [0.15, 0.2) is 0 Å². The summed E-state index contributed by atoms with van der Waals surface area (Å²) in [5.41, 5.74) is 0. The summed E-state index contributed by atoms with van der Waals surface area (Å²) in [5, 5.41) is 11.1. The zero-order valence-electron chi connectivity index (χ0n) is 10.6. The number of rotatable bonds is 9. The third-order valence-corrected chi connectivity index (χ3v) is 2.12. The first-order valence-electron chi connectivity index (χ1n) is 5.66. The molecule has 104 valence electrons. The van der Waals surface area contributed by atoms with Crippen molar-refractivity contribution in [3.05, 3.63) is 0 Å². The Morgan fingerprint density at radius 3 is 2.44 bits per heavy atom. The number of methoxy groups -OCH3 is 1. The molecule has 0 fully saturated rings. The molecule has 0 rings (SSSR count). The maximum absolute atomic E-state index is 11.3. The van der Waals surface area contributed by atoms with E-state index in [2.05, 4.69) is 10.1 Å². The summed E-state index contributed by atoms with van der Waals surface area (Å²) in [6, 6.07) is 0. The third-order valence-electron chi connectivity index (χ3n) is 2.12. The molecule has 0 aliphatic rings. The highest BCUT2D eigenvalue weighted by Crippen LogP contribution is 1.97. The molecule has 0 radical (unpaired) electrons. The van der Waals surface area contributed by atoms with E-state index in [4.69, 9.17) is 9.84 Å². The number of ether oxygens (including phenoxy) is 2. The molecule has 0 aromatic rings. The molecule has 7 nitrogen and oxygen atoms in total. The molecule has 0 aromatic carbocycles. The lowest BCUT2D eigenvalue weighted by Gasteiger charge is -2.13. The molecule has 1 unspecified atom stereocenters. The maximum Gasteiger partial charge on any atom is 0.306 e. The Kier molecular flexibility index (Phi) is 8.55. The molecule has 0 saturated heterocycles. The van der Waals surface area contributed by atoms with Gasteiger partial charge in [0.25, 0.3) is 0 Å². The minimum Gasteiger partial charge on any atom is -0.481 e. The fraction of sp³-hybridized carbons (Fsp3) is 0.727. The van der Waals surface area contributed by atoms with Crippen LogP contribution in [-0.4, -0.2) is 49.3 Å².